The summed E-state index contributed by atoms with van der Waals surface area (Å²) in [6.07, 6.45) is 1.05. The third-order valence-corrected chi connectivity index (χ3v) is 7.82. The molecule has 0 spiro atoms. The number of H-pyrrole nitrogens is 1. The molecule has 186 valence electrons. The number of rotatable bonds is 15. The van der Waals surface area contributed by atoms with Gasteiger partial charge in [-0.2, -0.15) is 9.89 Å². The third-order valence-electron chi connectivity index (χ3n) is 5.26. The molecule has 0 fully saturated rings. The minimum atomic E-state index is -3.62. The first kappa shape index (κ1) is 27.4. The first-order chi connectivity index (χ1) is 15.6. The van der Waals surface area contributed by atoms with Gasteiger partial charge in [-0.15, -0.1) is 11.6 Å². The highest BCUT2D eigenvalue weighted by Crippen LogP contribution is 2.51. The predicted octanol–water partition coefficient (Wildman–Crippen LogP) is 1.95. The van der Waals surface area contributed by atoms with Crippen LogP contribution in [0.25, 0.3) is 11.2 Å². The van der Waals surface area contributed by atoms with Crippen LogP contribution >= 0.6 is 19.1 Å². The zero-order valence-electron chi connectivity index (χ0n) is 18.9. The summed E-state index contributed by atoms with van der Waals surface area (Å²) in [5.74, 6) is -0.231. The van der Waals surface area contributed by atoms with E-state index in [0.29, 0.717) is 24.5 Å². The number of hydrogen-bond acceptors (Lipinski definition) is 10. The van der Waals surface area contributed by atoms with Crippen molar-refractivity contribution < 1.29 is 18.9 Å². The van der Waals surface area contributed by atoms with Crippen molar-refractivity contribution in [2.24, 2.45) is 11.1 Å². The maximum atomic E-state index is 13.6. The number of nitroso groups, excluding NO2 is 1. The fourth-order valence-corrected chi connectivity index (χ4v) is 4.82. The average molecular weight is 508 g/mol. The van der Waals surface area contributed by atoms with Crippen molar-refractivity contribution in [3.05, 3.63) is 21.6 Å². The van der Waals surface area contributed by atoms with Gasteiger partial charge in [0.1, 0.15) is 6.35 Å². The van der Waals surface area contributed by atoms with Crippen LogP contribution in [0, 0.1) is 10.8 Å². The summed E-state index contributed by atoms with van der Waals surface area (Å²) < 4.78 is 27.8. The summed E-state index contributed by atoms with van der Waals surface area (Å²) in [7, 11) is -2.01. The molecule has 2 aromatic rings. The lowest BCUT2D eigenvalue weighted by molar-refractivity contribution is -0.0680. The summed E-state index contributed by atoms with van der Waals surface area (Å²) in [5.41, 5.74) is 5.59. The topological polar surface area (TPSA) is 178 Å². The molecule has 2 unspecified atom stereocenters. The molecule has 0 aliphatic carbocycles. The van der Waals surface area contributed by atoms with Crippen LogP contribution in [0.5, 0.6) is 0 Å². The van der Waals surface area contributed by atoms with E-state index in [1.807, 2.05) is 0 Å². The molecule has 4 atom stereocenters. The number of nitrogens with zero attached hydrogens (tertiary/aromatic N) is 5. The van der Waals surface area contributed by atoms with Crippen LogP contribution < -0.4 is 11.3 Å². The SMILES string of the molecule is C[C@H](N=O)[C@@H](C)C(O)OP(=O)(COCCn1cnc2c(=O)[nH]c(N)nc21)N(C)CCCCCl. The lowest BCUT2D eigenvalue weighted by atomic mass is 10.0. The molecule has 2 rings (SSSR count). The zero-order chi connectivity index (χ0) is 24.6. The second kappa shape index (κ2) is 12.5. The molecule has 15 heteroatoms. The van der Waals surface area contributed by atoms with Gasteiger partial charge in [0.2, 0.25) is 5.95 Å². The van der Waals surface area contributed by atoms with Crippen molar-refractivity contribution in [1.29, 1.82) is 0 Å². The van der Waals surface area contributed by atoms with Gasteiger partial charge in [-0.05, 0) is 26.8 Å². The third kappa shape index (κ3) is 7.29. The van der Waals surface area contributed by atoms with Gasteiger partial charge in [0.25, 0.3) is 13.1 Å². The summed E-state index contributed by atoms with van der Waals surface area (Å²) in [6.45, 7) is 3.89. The van der Waals surface area contributed by atoms with Crippen molar-refractivity contribution in [3.63, 3.8) is 0 Å². The molecule has 33 heavy (non-hydrogen) atoms. The second-order valence-corrected chi connectivity index (χ2v) is 10.5. The molecule has 0 saturated heterocycles. The molecule has 4 N–H and O–H groups in total. The Bertz CT molecular complexity index is 1020. The van der Waals surface area contributed by atoms with Crippen molar-refractivity contribution >= 4 is 36.2 Å². The molecule has 0 bridgehead atoms. The monoisotopic (exact) mass is 507 g/mol. The molecular weight excluding hydrogens is 477 g/mol. The lowest BCUT2D eigenvalue weighted by Gasteiger charge is -2.31. The number of halogens is 1. The molecule has 0 aromatic carbocycles. The number of fused-ring (bicyclic) bond motifs is 1. The van der Waals surface area contributed by atoms with Crippen LogP contribution in [0.2, 0.25) is 0 Å². The number of nitrogens with two attached hydrogens (primary N) is 1. The van der Waals surface area contributed by atoms with E-state index < -0.39 is 31.3 Å². The van der Waals surface area contributed by atoms with Gasteiger partial charge >= 0.3 is 0 Å². The summed E-state index contributed by atoms with van der Waals surface area (Å²) in [5, 5.41) is 13.3. The minimum absolute atomic E-state index is 0.0335. The number of unbranched alkanes of at least 4 members (excludes halogenated alkanes) is 1. The average Bonchev–Trinajstić information content (AvgIpc) is 3.18. The zero-order valence-corrected chi connectivity index (χ0v) is 20.5. The molecular formula is C18H31ClN7O6P. The first-order valence-corrected chi connectivity index (χ1v) is 12.8. The van der Waals surface area contributed by atoms with E-state index >= 15 is 0 Å². The summed E-state index contributed by atoms with van der Waals surface area (Å²) >= 11 is 5.72. The van der Waals surface area contributed by atoms with Gasteiger partial charge in [0, 0.05) is 24.9 Å². The van der Waals surface area contributed by atoms with E-state index in [4.69, 9.17) is 26.6 Å². The highest BCUT2D eigenvalue weighted by molar-refractivity contribution is 7.56. The highest BCUT2D eigenvalue weighted by atomic mass is 35.5. The number of ether oxygens (including phenoxy) is 1. The van der Waals surface area contributed by atoms with Crippen LogP contribution in [0.1, 0.15) is 26.7 Å². The van der Waals surface area contributed by atoms with E-state index in [9.17, 15) is 19.4 Å². The van der Waals surface area contributed by atoms with Gasteiger partial charge in [0.05, 0.1) is 19.0 Å². The smallest absolute Gasteiger partial charge is 0.299 e. The summed E-state index contributed by atoms with van der Waals surface area (Å²) in [6, 6.07) is -0.728. The molecule has 0 aliphatic heterocycles. The second-order valence-electron chi connectivity index (χ2n) is 7.71. The Hall–Kier alpha value is -1.89. The van der Waals surface area contributed by atoms with Crippen LogP contribution in [-0.2, 0) is 20.4 Å². The van der Waals surface area contributed by atoms with Crippen molar-refractivity contribution in [2.45, 2.75) is 45.6 Å². The first-order valence-electron chi connectivity index (χ1n) is 10.5. The van der Waals surface area contributed by atoms with Crippen LogP contribution in [0.3, 0.4) is 0 Å². The Morgan fingerprint density at radius 2 is 2.15 bits per heavy atom. The van der Waals surface area contributed by atoms with Gasteiger partial charge in [-0.25, -0.2) is 9.65 Å². The van der Waals surface area contributed by atoms with E-state index in [2.05, 4.69) is 20.1 Å². The minimum Gasteiger partial charge on any atom is -0.369 e. The molecule has 0 amide bonds. The number of aliphatic hydroxyl groups is 1. The van der Waals surface area contributed by atoms with Crippen molar-refractivity contribution in [2.75, 3.05) is 38.2 Å². The number of nitrogen functional groups attached to an aromatic ring is 1. The number of alkyl halides is 1. The Balaban J connectivity index is 2.05. The molecule has 0 aliphatic rings. The van der Waals surface area contributed by atoms with Gasteiger partial charge in [-0.3, -0.25) is 18.9 Å². The Labute approximate surface area is 196 Å². The van der Waals surface area contributed by atoms with Crippen LogP contribution in [0.4, 0.5) is 5.95 Å². The maximum absolute atomic E-state index is 13.6. The molecule has 0 saturated carbocycles. The van der Waals surface area contributed by atoms with Crippen molar-refractivity contribution in [1.82, 2.24) is 24.2 Å². The largest absolute Gasteiger partial charge is 0.369 e. The standard InChI is InChI=1S/C18H31ClN7O6P/c1-12(13(2)24-29)17(28)32-33(30,25(3)7-5-4-6-19)11-31-9-8-26-10-21-14-15(26)22-18(20)23-16(14)27/h10,12-13,17,28H,4-9,11H2,1-3H3,(H3,20,22,23,27)/t12-,13+,17?,33?/m1/s1. The van der Waals surface area contributed by atoms with E-state index in [-0.39, 0.29) is 31.0 Å². The molecule has 13 nitrogen and oxygen atoms in total. The highest BCUT2D eigenvalue weighted by Gasteiger charge is 2.35. The Kier molecular flexibility index (Phi) is 10.4. The van der Waals surface area contributed by atoms with E-state index in [1.54, 1.807) is 18.5 Å². The van der Waals surface area contributed by atoms with E-state index in [0.717, 1.165) is 6.42 Å². The number of aliphatic hydroxyl groups excluding tert-OH is 1. The van der Waals surface area contributed by atoms with E-state index in [1.165, 1.54) is 17.9 Å². The van der Waals surface area contributed by atoms with Gasteiger partial charge in [0.15, 0.2) is 17.5 Å². The van der Waals surface area contributed by atoms with Crippen molar-refractivity contribution in [3.8, 4) is 0 Å². The number of nitrogens with one attached hydrogen (secondary N) is 1. The normalized spacial score (nSPS) is 16.5. The number of anilines is 1. The van der Waals surface area contributed by atoms with Gasteiger partial charge < -0.3 is 20.1 Å². The number of aromatic nitrogens is 4. The number of hydrogen-bond donors (Lipinski definition) is 3. The molecule has 2 heterocycles. The molecule has 0 radical (unpaired) electrons. The van der Waals surface area contributed by atoms with Gasteiger partial charge in [-0.1, -0.05) is 12.1 Å². The van der Waals surface area contributed by atoms with Crippen LogP contribution in [-0.4, -0.2) is 74.1 Å². The Morgan fingerprint density at radius 3 is 2.82 bits per heavy atom. The fourth-order valence-electron chi connectivity index (χ4n) is 2.87. The van der Waals surface area contributed by atoms with Crippen LogP contribution in [0.15, 0.2) is 16.3 Å². The fraction of sp³-hybridized carbons (Fsp3) is 0.722. The summed E-state index contributed by atoms with van der Waals surface area (Å²) in [4.78, 5) is 33.2. The predicted molar refractivity (Wildman–Crippen MR) is 125 cm³/mol. The number of aromatic amines is 1. The molecule has 2 aromatic heterocycles. The quantitative estimate of drug-likeness (QED) is 0.106. The number of imidazole rings is 1. The Morgan fingerprint density at radius 1 is 1.42 bits per heavy atom. The maximum Gasteiger partial charge on any atom is 0.299 e. The lowest BCUT2D eigenvalue weighted by Crippen LogP contribution is -2.31.